The number of methoxy groups -OCH3 is 2. The van der Waals surface area contributed by atoms with Crippen LogP contribution in [0.4, 0.5) is 20.2 Å². The molecule has 3 aromatic carbocycles. The van der Waals surface area contributed by atoms with Gasteiger partial charge in [-0.15, -0.1) is 0 Å². The second kappa shape index (κ2) is 9.69. The predicted molar refractivity (Wildman–Crippen MR) is 116 cm³/mol. The van der Waals surface area contributed by atoms with Gasteiger partial charge >= 0.3 is 6.61 Å². The smallest absolute Gasteiger partial charge is 0.387 e. The van der Waals surface area contributed by atoms with Gasteiger partial charge in [0, 0.05) is 23.4 Å². The Morgan fingerprint density at radius 1 is 0.939 bits per heavy atom. The summed E-state index contributed by atoms with van der Waals surface area (Å²) in [6.45, 7) is -3.10. The number of non-ortho nitro benzene ring substituents is 1. The van der Waals surface area contributed by atoms with Crippen molar-refractivity contribution in [1.82, 2.24) is 0 Å². The van der Waals surface area contributed by atoms with Crippen molar-refractivity contribution in [3.63, 3.8) is 0 Å². The van der Waals surface area contributed by atoms with E-state index in [1.165, 1.54) is 32.4 Å². The lowest BCUT2D eigenvalue weighted by molar-refractivity contribution is -0.385. The van der Waals surface area contributed by atoms with Crippen molar-refractivity contribution in [3.05, 3.63) is 70.8 Å². The highest BCUT2D eigenvalue weighted by Crippen LogP contribution is 2.36. The molecule has 0 saturated heterocycles. The molecular formula is C21H18F2N2O7S. The van der Waals surface area contributed by atoms with Crippen molar-refractivity contribution in [1.29, 1.82) is 0 Å². The van der Waals surface area contributed by atoms with Gasteiger partial charge in [0.2, 0.25) is 0 Å². The minimum absolute atomic E-state index is 0.0102. The number of hydrogen-bond acceptors (Lipinski definition) is 7. The Labute approximate surface area is 187 Å². The molecule has 1 N–H and O–H groups in total. The Morgan fingerprint density at radius 3 is 2.18 bits per heavy atom. The summed E-state index contributed by atoms with van der Waals surface area (Å²) in [6.07, 6.45) is 0. The van der Waals surface area contributed by atoms with Gasteiger partial charge in [-0.3, -0.25) is 14.8 Å². The van der Waals surface area contributed by atoms with Crippen molar-refractivity contribution < 1.29 is 36.3 Å². The van der Waals surface area contributed by atoms with Gasteiger partial charge in [0.1, 0.15) is 22.1 Å². The van der Waals surface area contributed by atoms with Crippen LogP contribution in [0.2, 0.25) is 0 Å². The molecule has 0 heterocycles. The van der Waals surface area contributed by atoms with Crippen molar-refractivity contribution >= 4 is 21.4 Å². The van der Waals surface area contributed by atoms with Crippen LogP contribution in [-0.4, -0.2) is 34.2 Å². The normalized spacial score (nSPS) is 11.2. The summed E-state index contributed by atoms with van der Waals surface area (Å²) >= 11 is 0. The molecule has 3 rings (SSSR count). The Hall–Kier alpha value is -3.93. The third-order valence-electron chi connectivity index (χ3n) is 4.50. The molecule has 0 aliphatic heterocycles. The third-order valence-corrected chi connectivity index (χ3v) is 5.90. The summed E-state index contributed by atoms with van der Waals surface area (Å²) in [5, 5.41) is 11.1. The van der Waals surface area contributed by atoms with E-state index in [1.807, 2.05) is 0 Å². The van der Waals surface area contributed by atoms with E-state index in [1.54, 1.807) is 24.3 Å². The maximum absolute atomic E-state index is 13.0. The molecule has 0 saturated carbocycles. The van der Waals surface area contributed by atoms with Crippen LogP contribution in [0.25, 0.3) is 11.1 Å². The van der Waals surface area contributed by atoms with E-state index >= 15 is 0 Å². The molecule has 9 nitrogen and oxygen atoms in total. The number of anilines is 1. The second-order valence-electron chi connectivity index (χ2n) is 6.52. The van der Waals surface area contributed by atoms with E-state index < -0.39 is 32.1 Å². The second-order valence-corrected chi connectivity index (χ2v) is 8.17. The lowest BCUT2D eigenvalue weighted by Gasteiger charge is -2.15. The first kappa shape index (κ1) is 23.7. The minimum Gasteiger partial charge on any atom is -0.497 e. The molecule has 0 spiro atoms. The minimum atomic E-state index is -4.35. The van der Waals surface area contributed by atoms with Crippen LogP contribution in [-0.2, 0) is 10.0 Å². The zero-order valence-corrected chi connectivity index (χ0v) is 18.1. The standard InChI is InChI=1S/C21H18F2N2O7S/c1-30-16-7-3-13(4-8-16)17-11-14(5-9-18(17)32-21(22)23)24-33(28,29)20-12-15(25(26)27)6-10-19(20)31-2/h3-12,21,24H,1-2H3. The largest absolute Gasteiger partial charge is 0.497 e. The highest BCUT2D eigenvalue weighted by atomic mass is 32.2. The topological polar surface area (TPSA) is 117 Å². The van der Waals surface area contributed by atoms with E-state index in [0.29, 0.717) is 11.3 Å². The molecule has 0 aliphatic rings. The first-order chi connectivity index (χ1) is 15.6. The first-order valence-electron chi connectivity index (χ1n) is 9.23. The molecule has 12 heteroatoms. The number of halogens is 2. The maximum Gasteiger partial charge on any atom is 0.387 e. The molecule has 0 aliphatic carbocycles. The zero-order chi connectivity index (χ0) is 24.2. The molecule has 3 aromatic rings. The van der Waals surface area contributed by atoms with Crippen LogP contribution < -0.4 is 18.9 Å². The van der Waals surface area contributed by atoms with Crippen LogP contribution in [0.5, 0.6) is 17.2 Å². The van der Waals surface area contributed by atoms with E-state index in [-0.39, 0.29) is 22.7 Å². The van der Waals surface area contributed by atoms with Crippen LogP contribution in [0, 0.1) is 10.1 Å². The van der Waals surface area contributed by atoms with Gasteiger partial charge in [-0.1, -0.05) is 12.1 Å². The third kappa shape index (κ3) is 5.47. The Morgan fingerprint density at radius 2 is 1.61 bits per heavy atom. The van der Waals surface area contributed by atoms with Crippen molar-refractivity contribution in [2.24, 2.45) is 0 Å². The summed E-state index contributed by atoms with van der Waals surface area (Å²) < 4.78 is 68.7. The van der Waals surface area contributed by atoms with Gasteiger partial charge in [0.15, 0.2) is 0 Å². The SMILES string of the molecule is COc1ccc(-c2cc(NS(=O)(=O)c3cc([N+](=O)[O-])ccc3OC)ccc2OC(F)F)cc1. The Kier molecular flexibility index (Phi) is 6.97. The molecular weight excluding hydrogens is 462 g/mol. The van der Waals surface area contributed by atoms with Crippen LogP contribution in [0.3, 0.4) is 0 Å². The number of rotatable bonds is 9. The molecule has 0 radical (unpaired) electrons. The van der Waals surface area contributed by atoms with Gasteiger partial charge in [-0.2, -0.15) is 8.78 Å². The van der Waals surface area contributed by atoms with Gasteiger partial charge in [0.25, 0.3) is 15.7 Å². The number of nitrogens with zero attached hydrogens (tertiary/aromatic N) is 1. The average Bonchev–Trinajstić information content (AvgIpc) is 2.79. The molecule has 0 unspecified atom stereocenters. The molecule has 0 bridgehead atoms. The molecule has 0 fully saturated rings. The first-order valence-corrected chi connectivity index (χ1v) is 10.7. The van der Waals surface area contributed by atoms with Gasteiger partial charge < -0.3 is 14.2 Å². The quantitative estimate of drug-likeness (QED) is 0.349. The number of sulfonamides is 1. The lowest BCUT2D eigenvalue weighted by Crippen LogP contribution is -2.14. The van der Waals surface area contributed by atoms with E-state index in [4.69, 9.17) is 9.47 Å². The molecule has 0 amide bonds. The Balaban J connectivity index is 2.05. The van der Waals surface area contributed by atoms with Crippen LogP contribution in [0.15, 0.2) is 65.6 Å². The van der Waals surface area contributed by atoms with Crippen LogP contribution in [0.1, 0.15) is 0 Å². The van der Waals surface area contributed by atoms with Crippen molar-refractivity contribution in [2.45, 2.75) is 11.5 Å². The number of hydrogen-bond donors (Lipinski definition) is 1. The fourth-order valence-corrected chi connectivity index (χ4v) is 4.23. The van der Waals surface area contributed by atoms with E-state index in [0.717, 1.165) is 18.2 Å². The number of nitro benzene ring substituents is 1. The van der Waals surface area contributed by atoms with Crippen LogP contribution >= 0.6 is 0 Å². The predicted octanol–water partition coefficient (Wildman–Crippen LogP) is 4.68. The monoisotopic (exact) mass is 480 g/mol. The molecule has 33 heavy (non-hydrogen) atoms. The molecule has 0 aromatic heterocycles. The fraction of sp³-hybridized carbons (Fsp3) is 0.143. The highest BCUT2D eigenvalue weighted by Gasteiger charge is 2.24. The highest BCUT2D eigenvalue weighted by molar-refractivity contribution is 7.92. The summed E-state index contributed by atoms with van der Waals surface area (Å²) in [6, 6.07) is 13.2. The lowest BCUT2D eigenvalue weighted by atomic mass is 10.0. The Bertz CT molecular complexity index is 1270. The average molecular weight is 480 g/mol. The van der Waals surface area contributed by atoms with Gasteiger partial charge in [0.05, 0.1) is 19.1 Å². The summed E-state index contributed by atoms with van der Waals surface area (Å²) in [5.74, 6) is 0.247. The molecule has 174 valence electrons. The van der Waals surface area contributed by atoms with E-state index in [9.17, 15) is 27.3 Å². The number of nitro groups is 1. The summed E-state index contributed by atoms with van der Waals surface area (Å²) in [5.41, 5.74) is 0.205. The number of benzene rings is 3. The van der Waals surface area contributed by atoms with E-state index in [2.05, 4.69) is 9.46 Å². The van der Waals surface area contributed by atoms with Gasteiger partial charge in [-0.25, -0.2) is 8.42 Å². The van der Waals surface area contributed by atoms with Crippen molar-refractivity contribution in [3.8, 4) is 28.4 Å². The zero-order valence-electron chi connectivity index (χ0n) is 17.3. The number of ether oxygens (including phenoxy) is 3. The maximum atomic E-state index is 13.0. The summed E-state index contributed by atoms with van der Waals surface area (Å²) in [7, 11) is -1.66. The van der Waals surface area contributed by atoms with Crippen molar-refractivity contribution in [2.75, 3.05) is 18.9 Å². The fourth-order valence-electron chi connectivity index (χ4n) is 2.99. The van der Waals surface area contributed by atoms with Gasteiger partial charge in [-0.05, 0) is 42.0 Å². The number of nitrogens with one attached hydrogen (secondary N) is 1. The summed E-state index contributed by atoms with van der Waals surface area (Å²) in [4.78, 5) is 9.88. The number of alkyl halides is 2. The molecule has 0 atom stereocenters.